The van der Waals surface area contributed by atoms with Crippen molar-refractivity contribution < 1.29 is 35.7 Å². The van der Waals surface area contributed by atoms with Crippen molar-refractivity contribution in [3.63, 3.8) is 0 Å². The Bertz CT molecular complexity index is 4190. The lowest BCUT2D eigenvalue weighted by Gasteiger charge is -2.19. The molecule has 7 N–H and O–H groups in total. The molecule has 0 amide bonds. The van der Waals surface area contributed by atoms with Crippen LogP contribution in [-0.4, -0.2) is 35.7 Å². The Hall–Kier alpha value is -9.20. The van der Waals surface area contributed by atoms with Crippen LogP contribution in [0.4, 0.5) is 0 Å². The van der Waals surface area contributed by atoms with Gasteiger partial charge >= 0.3 is 0 Å². The Labute approximate surface area is 381 Å². The molecule has 0 heterocycles. The molecule has 0 saturated carbocycles. The molecule has 13 rings (SSSR count). The molecule has 0 fully saturated rings. The first kappa shape index (κ1) is 38.3. The van der Waals surface area contributed by atoms with Crippen molar-refractivity contribution in [3.8, 4) is 95.9 Å². The van der Waals surface area contributed by atoms with Gasteiger partial charge in [-0.2, -0.15) is 0 Å². The zero-order valence-electron chi connectivity index (χ0n) is 35.4. The molecule has 13 aromatic carbocycles. The third-order valence-electron chi connectivity index (χ3n) is 13.9. The molecule has 0 radical (unpaired) electrons. The molecule has 0 atom stereocenters. The van der Waals surface area contributed by atoms with Crippen LogP contribution in [0.5, 0.6) is 40.2 Å². The molecule has 0 aromatic heterocycles. The summed E-state index contributed by atoms with van der Waals surface area (Å²) < 4.78 is 0. The Morgan fingerprint density at radius 1 is 0.209 bits per heavy atom. The molecule has 7 heteroatoms. The monoisotopic (exact) mass is 868 g/mol. The molecule has 0 saturated heterocycles. The summed E-state index contributed by atoms with van der Waals surface area (Å²) in [6.07, 6.45) is 0. The van der Waals surface area contributed by atoms with E-state index >= 15 is 0 Å². The van der Waals surface area contributed by atoms with Gasteiger partial charge in [0.25, 0.3) is 0 Å². The predicted molar refractivity (Wildman–Crippen MR) is 270 cm³/mol. The van der Waals surface area contributed by atoms with Gasteiger partial charge in [0, 0.05) is 10.9 Å². The third kappa shape index (κ3) is 5.46. The van der Waals surface area contributed by atoms with E-state index in [1.165, 1.54) is 48.5 Å². The molecule has 7 nitrogen and oxygen atoms in total. The summed E-state index contributed by atoms with van der Waals surface area (Å²) >= 11 is 0. The summed E-state index contributed by atoms with van der Waals surface area (Å²) in [5, 5.41) is 90.6. The van der Waals surface area contributed by atoms with E-state index in [0.717, 1.165) is 49.5 Å². The molecule has 0 aliphatic carbocycles. The van der Waals surface area contributed by atoms with E-state index < -0.39 is 45.6 Å². The fourth-order valence-corrected chi connectivity index (χ4v) is 10.7. The van der Waals surface area contributed by atoms with Gasteiger partial charge in [0.2, 0.25) is 17.2 Å². The maximum Gasteiger partial charge on any atom is 0.205 e. The van der Waals surface area contributed by atoms with Crippen LogP contribution in [0.2, 0.25) is 0 Å². The minimum atomic E-state index is -1.10. The second-order valence-electron chi connectivity index (χ2n) is 17.5. The minimum absolute atomic E-state index is 0.190. The summed E-state index contributed by atoms with van der Waals surface area (Å²) in [6, 6.07) is 60.6. The van der Waals surface area contributed by atoms with Crippen LogP contribution in [0.3, 0.4) is 0 Å². The number of hydrogen-bond acceptors (Lipinski definition) is 7. The normalized spacial score (nSPS) is 12.0. The average Bonchev–Trinajstić information content (AvgIpc) is 3.37. The summed E-state index contributed by atoms with van der Waals surface area (Å²) in [5.41, 5.74) is 7.24. The zero-order chi connectivity index (χ0) is 45.4. The van der Waals surface area contributed by atoms with Crippen molar-refractivity contribution in [1.82, 2.24) is 0 Å². The fourth-order valence-electron chi connectivity index (χ4n) is 10.7. The van der Waals surface area contributed by atoms with E-state index in [1.807, 2.05) is 30.3 Å². The van der Waals surface area contributed by atoms with Crippen molar-refractivity contribution in [3.05, 3.63) is 176 Å². The van der Waals surface area contributed by atoms with Gasteiger partial charge in [-0.05, 0) is 139 Å². The number of phenolic OH excluding ortho intramolecular Hbond substituents is 7. The highest BCUT2D eigenvalue weighted by Crippen LogP contribution is 2.60. The second kappa shape index (κ2) is 13.9. The van der Waals surface area contributed by atoms with E-state index in [1.54, 1.807) is 12.1 Å². The molecule has 67 heavy (non-hydrogen) atoms. The largest absolute Gasteiger partial charge is 0.504 e. The molecule has 0 aliphatic rings. The Morgan fingerprint density at radius 3 is 1.13 bits per heavy atom. The molecule has 0 spiro atoms. The van der Waals surface area contributed by atoms with Crippen LogP contribution in [0.15, 0.2) is 176 Å². The molecule has 13 aromatic rings. The minimum Gasteiger partial charge on any atom is -0.504 e. The number of rotatable bonds is 5. The van der Waals surface area contributed by atoms with Gasteiger partial charge in [-0.1, -0.05) is 152 Å². The SMILES string of the molecule is Oc1c(O)c(O)c2c(-c3cc(-c4ccc(-c5ccc6ccc7cccc8ccc5c6c78)cc4)cc(-c4cccc(-c5ccc6ccc7cccc8ccc5c6c78)c4)c3)c(O)c(O)c(O)c2c1O. The summed E-state index contributed by atoms with van der Waals surface area (Å²) in [4.78, 5) is 0. The zero-order valence-corrected chi connectivity index (χ0v) is 35.4. The van der Waals surface area contributed by atoms with Crippen molar-refractivity contribution in [2.75, 3.05) is 0 Å². The van der Waals surface area contributed by atoms with Crippen LogP contribution >= 0.6 is 0 Å². The van der Waals surface area contributed by atoms with Gasteiger partial charge in [0.15, 0.2) is 23.0 Å². The quantitative estimate of drug-likeness (QED) is 0.0519. The lowest BCUT2D eigenvalue weighted by atomic mass is 9.87. The summed E-state index contributed by atoms with van der Waals surface area (Å²) in [7, 11) is 0. The third-order valence-corrected chi connectivity index (χ3v) is 13.9. The second-order valence-corrected chi connectivity index (χ2v) is 17.5. The van der Waals surface area contributed by atoms with Gasteiger partial charge in [-0.25, -0.2) is 0 Å². The summed E-state index contributed by atoms with van der Waals surface area (Å²) in [5.74, 6) is -6.83. The van der Waals surface area contributed by atoms with Crippen LogP contribution in [-0.2, 0) is 0 Å². The van der Waals surface area contributed by atoms with Crippen molar-refractivity contribution in [2.24, 2.45) is 0 Å². The van der Waals surface area contributed by atoms with Crippen LogP contribution in [0, 0.1) is 0 Å². The Morgan fingerprint density at radius 2 is 0.582 bits per heavy atom. The number of fused-ring (bicyclic) bond motifs is 1. The van der Waals surface area contributed by atoms with Crippen LogP contribution < -0.4 is 0 Å². The number of aromatic hydroxyl groups is 7. The van der Waals surface area contributed by atoms with E-state index in [0.29, 0.717) is 11.1 Å². The average molecular weight is 869 g/mol. The van der Waals surface area contributed by atoms with Gasteiger partial charge in [0.1, 0.15) is 0 Å². The van der Waals surface area contributed by atoms with Gasteiger partial charge < -0.3 is 35.7 Å². The highest BCUT2D eigenvalue weighted by molar-refractivity contribution is 6.27. The first-order valence-electron chi connectivity index (χ1n) is 21.9. The summed E-state index contributed by atoms with van der Waals surface area (Å²) in [6.45, 7) is 0. The van der Waals surface area contributed by atoms with Crippen molar-refractivity contribution in [1.29, 1.82) is 0 Å². The maximum absolute atomic E-state index is 11.6. The van der Waals surface area contributed by atoms with E-state index in [4.69, 9.17) is 0 Å². The molecule has 0 unspecified atom stereocenters. The highest BCUT2D eigenvalue weighted by Gasteiger charge is 2.30. The first-order chi connectivity index (χ1) is 32.6. The Balaban J connectivity index is 1.01. The van der Waals surface area contributed by atoms with E-state index in [9.17, 15) is 35.7 Å². The number of hydrogen-bond donors (Lipinski definition) is 7. The van der Waals surface area contributed by atoms with Crippen LogP contribution in [0.1, 0.15) is 0 Å². The molecule has 0 aliphatic heterocycles. The molecular weight excluding hydrogens is 833 g/mol. The maximum atomic E-state index is 11.6. The molecule has 318 valence electrons. The van der Waals surface area contributed by atoms with E-state index in [2.05, 4.69) is 133 Å². The first-order valence-corrected chi connectivity index (χ1v) is 21.9. The molecular formula is C60H36O7. The highest BCUT2D eigenvalue weighted by atomic mass is 16.3. The van der Waals surface area contributed by atoms with Gasteiger partial charge in [-0.3, -0.25) is 0 Å². The number of phenols is 7. The van der Waals surface area contributed by atoms with E-state index in [-0.39, 0.29) is 16.5 Å². The topological polar surface area (TPSA) is 142 Å². The van der Waals surface area contributed by atoms with Gasteiger partial charge in [0.05, 0.1) is 5.39 Å². The van der Waals surface area contributed by atoms with Gasteiger partial charge in [-0.15, -0.1) is 0 Å². The Kier molecular flexibility index (Phi) is 7.94. The van der Waals surface area contributed by atoms with Crippen molar-refractivity contribution in [2.45, 2.75) is 0 Å². The predicted octanol–water partition coefficient (Wildman–Crippen LogP) is 14.9. The lowest BCUT2D eigenvalue weighted by molar-refractivity contribution is 0.347. The molecule has 0 bridgehead atoms. The standard InChI is InChI=1S/C60H36O7/c61-54-51(52-53(56(63)58(54)65)57(64)60(67)59(66)55(52)62)42-28-40(30-10-12-31(13-11-30)43-22-18-36-16-14-32-4-1-6-34-20-24-45(43)49(36)47(32)34)27-41(29-42)38-8-3-9-39(26-38)44-23-19-37-17-15-33-5-2-7-35-21-25-46(44)50(37)48(33)35/h1-29,61-67H. The lowest BCUT2D eigenvalue weighted by Crippen LogP contribution is -1.92. The number of benzene rings is 13. The fraction of sp³-hybridized carbons (Fsp3) is 0. The smallest absolute Gasteiger partial charge is 0.205 e. The van der Waals surface area contributed by atoms with Crippen LogP contribution in [0.25, 0.3) is 131 Å². The van der Waals surface area contributed by atoms with Crippen molar-refractivity contribution >= 4 is 75.4 Å².